The summed E-state index contributed by atoms with van der Waals surface area (Å²) in [6.45, 7) is 6.00. The molecule has 0 aliphatic heterocycles. The summed E-state index contributed by atoms with van der Waals surface area (Å²) in [7, 11) is 0. The van der Waals surface area contributed by atoms with Crippen molar-refractivity contribution in [3.05, 3.63) is 48.1 Å². The minimum Gasteiger partial charge on any atom is -0.100 e. The molecule has 0 aromatic rings. The monoisotopic (exact) mass is 202 g/mol. The van der Waals surface area contributed by atoms with Crippen molar-refractivity contribution in [1.29, 1.82) is 0 Å². The van der Waals surface area contributed by atoms with Crippen molar-refractivity contribution in [3.8, 4) is 0 Å². The Morgan fingerprint density at radius 1 is 1.47 bits per heavy atom. The third-order valence-electron chi connectivity index (χ3n) is 2.60. The molecule has 0 nitrogen and oxygen atoms in total. The summed E-state index contributed by atoms with van der Waals surface area (Å²) in [4.78, 5) is 0. The van der Waals surface area contributed by atoms with Gasteiger partial charge in [0.1, 0.15) is 0 Å². The van der Waals surface area contributed by atoms with E-state index in [1.807, 2.05) is 0 Å². The van der Waals surface area contributed by atoms with Gasteiger partial charge in [0.15, 0.2) is 0 Å². The highest BCUT2D eigenvalue weighted by molar-refractivity contribution is 5.24. The Morgan fingerprint density at radius 2 is 2.33 bits per heavy atom. The van der Waals surface area contributed by atoms with Crippen LogP contribution in [0.5, 0.6) is 0 Å². The van der Waals surface area contributed by atoms with E-state index in [-0.39, 0.29) is 0 Å². The predicted molar refractivity (Wildman–Crippen MR) is 68.9 cm³/mol. The van der Waals surface area contributed by atoms with Gasteiger partial charge in [-0.05, 0) is 51.0 Å². The standard InChI is InChI=1S/C15H22/c1-14(2)10-8-9-13-15-11-6-4-3-5-7-12-15/h4,6,9,11,13H,1,3,5,7-8,10,12H2,2H3/b6-4-,13-9?,15-11+. The second-order valence-electron chi connectivity index (χ2n) is 4.31. The average molecular weight is 202 g/mol. The highest BCUT2D eigenvalue weighted by atomic mass is 14.0. The lowest BCUT2D eigenvalue weighted by Crippen LogP contribution is -1.83. The van der Waals surface area contributed by atoms with E-state index in [2.05, 4.69) is 43.9 Å². The van der Waals surface area contributed by atoms with E-state index in [1.165, 1.54) is 36.8 Å². The lowest BCUT2D eigenvalue weighted by Gasteiger charge is -2.03. The van der Waals surface area contributed by atoms with Crippen molar-refractivity contribution in [2.24, 2.45) is 0 Å². The number of rotatable bonds is 4. The van der Waals surface area contributed by atoms with Crippen LogP contribution in [0.3, 0.4) is 0 Å². The van der Waals surface area contributed by atoms with Crippen LogP contribution in [-0.4, -0.2) is 0 Å². The summed E-state index contributed by atoms with van der Waals surface area (Å²) in [5.74, 6) is 0. The zero-order valence-corrected chi connectivity index (χ0v) is 9.84. The van der Waals surface area contributed by atoms with Gasteiger partial charge in [0.25, 0.3) is 0 Å². The highest BCUT2D eigenvalue weighted by Crippen LogP contribution is 2.14. The first-order valence-corrected chi connectivity index (χ1v) is 5.95. The van der Waals surface area contributed by atoms with Crippen LogP contribution >= 0.6 is 0 Å². The van der Waals surface area contributed by atoms with E-state index in [0.29, 0.717) is 0 Å². The minimum absolute atomic E-state index is 1.11. The fourth-order valence-electron chi connectivity index (χ4n) is 1.67. The maximum Gasteiger partial charge on any atom is -0.0279 e. The van der Waals surface area contributed by atoms with Gasteiger partial charge in [-0.1, -0.05) is 36.0 Å². The first-order valence-electron chi connectivity index (χ1n) is 5.95. The number of allylic oxidation sites excluding steroid dienone is 7. The molecule has 1 aliphatic carbocycles. The van der Waals surface area contributed by atoms with Crippen molar-refractivity contribution >= 4 is 0 Å². The Bertz CT molecular complexity index is 276. The van der Waals surface area contributed by atoms with Gasteiger partial charge >= 0.3 is 0 Å². The third-order valence-corrected chi connectivity index (χ3v) is 2.60. The Morgan fingerprint density at radius 3 is 3.13 bits per heavy atom. The largest absolute Gasteiger partial charge is 0.100 e. The van der Waals surface area contributed by atoms with Gasteiger partial charge in [0.2, 0.25) is 0 Å². The molecule has 82 valence electrons. The lowest BCUT2D eigenvalue weighted by atomic mass is 10.0. The normalized spacial score (nSPS) is 22.9. The van der Waals surface area contributed by atoms with Crippen LogP contribution in [0, 0.1) is 0 Å². The molecule has 0 radical (unpaired) electrons. The van der Waals surface area contributed by atoms with Crippen molar-refractivity contribution < 1.29 is 0 Å². The van der Waals surface area contributed by atoms with E-state index in [0.717, 1.165) is 12.8 Å². The molecule has 0 bridgehead atoms. The van der Waals surface area contributed by atoms with Crippen LogP contribution in [-0.2, 0) is 0 Å². The highest BCUT2D eigenvalue weighted by Gasteiger charge is 1.94. The Labute approximate surface area is 94.1 Å². The van der Waals surface area contributed by atoms with Crippen molar-refractivity contribution in [2.75, 3.05) is 0 Å². The van der Waals surface area contributed by atoms with E-state index in [9.17, 15) is 0 Å². The Hall–Kier alpha value is -1.04. The van der Waals surface area contributed by atoms with Gasteiger partial charge in [0, 0.05) is 0 Å². The Kier molecular flexibility index (Phi) is 5.84. The topological polar surface area (TPSA) is 0 Å². The molecule has 0 aromatic heterocycles. The zero-order valence-electron chi connectivity index (χ0n) is 9.84. The van der Waals surface area contributed by atoms with Gasteiger partial charge in [-0.2, -0.15) is 0 Å². The second-order valence-corrected chi connectivity index (χ2v) is 4.31. The fourth-order valence-corrected chi connectivity index (χ4v) is 1.67. The van der Waals surface area contributed by atoms with Gasteiger partial charge in [-0.3, -0.25) is 0 Å². The molecular weight excluding hydrogens is 180 g/mol. The summed E-state index contributed by atoms with van der Waals surface area (Å²) in [5, 5.41) is 0. The molecule has 0 spiro atoms. The maximum absolute atomic E-state index is 3.91. The van der Waals surface area contributed by atoms with E-state index < -0.39 is 0 Å². The fraction of sp³-hybridized carbons (Fsp3) is 0.467. The number of hydrogen-bond acceptors (Lipinski definition) is 0. The molecule has 0 unspecified atom stereocenters. The van der Waals surface area contributed by atoms with E-state index >= 15 is 0 Å². The molecule has 0 heteroatoms. The SMILES string of the molecule is C=C(C)CCC=C/C1=C/C=C\CCCC1. The molecule has 0 saturated carbocycles. The van der Waals surface area contributed by atoms with Gasteiger partial charge < -0.3 is 0 Å². The number of hydrogen-bond donors (Lipinski definition) is 0. The van der Waals surface area contributed by atoms with Crippen LogP contribution in [0.4, 0.5) is 0 Å². The lowest BCUT2D eigenvalue weighted by molar-refractivity contribution is 0.745. The smallest absolute Gasteiger partial charge is 0.0279 e. The molecule has 0 fully saturated rings. The molecule has 0 saturated heterocycles. The quantitative estimate of drug-likeness (QED) is 0.565. The van der Waals surface area contributed by atoms with Crippen molar-refractivity contribution in [3.63, 3.8) is 0 Å². The van der Waals surface area contributed by atoms with Gasteiger partial charge in [0.05, 0.1) is 0 Å². The van der Waals surface area contributed by atoms with Crippen LogP contribution in [0.1, 0.15) is 45.4 Å². The summed E-state index contributed by atoms with van der Waals surface area (Å²) >= 11 is 0. The Balaban J connectivity index is 2.37. The van der Waals surface area contributed by atoms with Crippen LogP contribution in [0.25, 0.3) is 0 Å². The minimum atomic E-state index is 1.11. The van der Waals surface area contributed by atoms with Crippen LogP contribution < -0.4 is 0 Å². The predicted octanol–water partition coefficient (Wildman–Crippen LogP) is 4.96. The van der Waals surface area contributed by atoms with Crippen molar-refractivity contribution in [2.45, 2.75) is 45.4 Å². The zero-order chi connectivity index (χ0) is 10.9. The molecule has 15 heavy (non-hydrogen) atoms. The first-order chi connectivity index (χ1) is 7.29. The average Bonchev–Trinajstić information content (AvgIpc) is 2.14. The van der Waals surface area contributed by atoms with Crippen LogP contribution in [0.15, 0.2) is 48.1 Å². The first kappa shape index (κ1) is 12.0. The molecule has 1 rings (SSSR count). The molecule has 0 aromatic carbocycles. The van der Waals surface area contributed by atoms with E-state index in [4.69, 9.17) is 0 Å². The van der Waals surface area contributed by atoms with Gasteiger partial charge in [-0.15, -0.1) is 6.58 Å². The molecule has 0 amide bonds. The van der Waals surface area contributed by atoms with Crippen LogP contribution in [0.2, 0.25) is 0 Å². The van der Waals surface area contributed by atoms with Crippen molar-refractivity contribution in [1.82, 2.24) is 0 Å². The molecular formula is C15H22. The summed E-state index contributed by atoms with van der Waals surface area (Å²) < 4.78 is 0. The molecule has 0 atom stereocenters. The summed E-state index contributed by atoms with van der Waals surface area (Å²) in [5.41, 5.74) is 2.74. The third kappa shape index (κ3) is 6.11. The summed E-state index contributed by atoms with van der Waals surface area (Å²) in [6, 6.07) is 0. The van der Waals surface area contributed by atoms with Gasteiger partial charge in [-0.25, -0.2) is 0 Å². The second kappa shape index (κ2) is 7.28. The molecule has 0 heterocycles. The van der Waals surface area contributed by atoms with E-state index in [1.54, 1.807) is 0 Å². The molecule has 1 aliphatic rings. The molecule has 0 N–H and O–H groups in total. The maximum atomic E-state index is 3.91. The summed E-state index contributed by atoms with van der Waals surface area (Å²) in [6.07, 6.45) is 18.6.